The number of carbonyl (C=O) groups excluding carboxylic acids is 4. The zero-order valence-corrected chi connectivity index (χ0v) is 50.8. The van der Waals surface area contributed by atoms with Crippen LogP contribution < -0.4 is 19.4 Å². The molecule has 1 unspecified atom stereocenters. The van der Waals surface area contributed by atoms with Crippen molar-refractivity contribution < 1.29 is 161 Å². The van der Waals surface area contributed by atoms with Crippen LogP contribution in [-0.2, 0) is 45.3 Å². The maximum atomic E-state index is 13.5. The van der Waals surface area contributed by atoms with E-state index in [1.165, 1.54) is 58.4 Å². The molecule has 2 aliphatic heterocycles. The Kier molecular flexibility index (Phi) is 23.3. The average Bonchev–Trinajstić information content (AvgIpc) is 1.60. The number of aromatic nitrogens is 2. The van der Waals surface area contributed by atoms with Gasteiger partial charge in [0.2, 0.25) is 0 Å². The molecule has 94 heavy (non-hydrogen) atoms. The number of methoxy groups -OCH3 is 2. The molecule has 0 amide bonds. The summed E-state index contributed by atoms with van der Waals surface area (Å²) in [5.41, 5.74) is -5.33. The van der Waals surface area contributed by atoms with Gasteiger partial charge in [0.05, 0.1) is 48.2 Å². The van der Waals surface area contributed by atoms with Gasteiger partial charge in [-0.25, -0.2) is 19.2 Å². The van der Waals surface area contributed by atoms with Crippen LogP contribution >= 0.6 is 0 Å². The van der Waals surface area contributed by atoms with E-state index in [-0.39, 0.29) is 107 Å². The number of esters is 4. The fourth-order valence-electron chi connectivity index (χ4n) is 9.39. The molecular formula is C57H46CoF22N4O10. The first-order valence-electron chi connectivity index (χ1n) is 25.8. The van der Waals surface area contributed by atoms with Gasteiger partial charge in [0.15, 0.2) is 0 Å². The maximum Gasteiger partial charge on any atom is 2.00 e. The smallest absolute Gasteiger partial charge is 0.660 e. The van der Waals surface area contributed by atoms with Gasteiger partial charge in [0.1, 0.15) is 11.5 Å². The summed E-state index contributed by atoms with van der Waals surface area (Å²) in [6.07, 6.45) is -59.1. The molecule has 4 heterocycles. The normalized spacial score (nSPS) is 15.8. The topological polar surface area (TPSA) is 177 Å². The molecule has 6 rings (SSSR count). The van der Waals surface area contributed by atoms with E-state index in [0.717, 1.165) is 41.5 Å². The minimum atomic E-state index is -6.04. The number of hydrogen-bond donors (Lipinski definition) is 0. The van der Waals surface area contributed by atoms with Crippen molar-refractivity contribution in [3.8, 4) is 11.5 Å². The van der Waals surface area contributed by atoms with E-state index in [0.29, 0.717) is 11.1 Å². The predicted octanol–water partition coefficient (Wildman–Crippen LogP) is 15.0. The van der Waals surface area contributed by atoms with E-state index in [1.807, 2.05) is 0 Å². The van der Waals surface area contributed by atoms with Gasteiger partial charge >= 0.3 is 90.2 Å². The molecule has 0 N–H and O–H groups in total. The Morgan fingerprint density at radius 3 is 0.957 bits per heavy atom. The van der Waals surface area contributed by atoms with Gasteiger partial charge in [-0.2, -0.15) is 96.6 Å². The third-order valence-electron chi connectivity index (χ3n) is 13.4. The zero-order chi connectivity index (χ0) is 71.3. The van der Waals surface area contributed by atoms with Gasteiger partial charge in [0.25, 0.3) is 18.3 Å². The van der Waals surface area contributed by atoms with Crippen LogP contribution in [0.25, 0.3) is 11.1 Å². The number of aliphatic imine (C=N–C) groups is 2. The number of carbonyl (C=O) groups is 4. The fraction of sp³-hybridized carbons (Fsp3) is 0.404. The summed E-state index contributed by atoms with van der Waals surface area (Å²) in [5.74, 6) is -7.66. The Morgan fingerprint density at radius 1 is 0.415 bits per heavy atom. The molecule has 0 saturated heterocycles. The molecular weight excluding hydrogens is 1380 g/mol. The van der Waals surface area contributed by atoms with Crippen molar-refractivity contribution in [1.29, 1.82) is 0 Å². The Morgan fingerprint density at radius 2 is 0.691 bits per heavy atom. The molecule has 0 bridgehead atoms. The SMILES string of the molecule is COc1cc(C)ccc1/C(=C1/N=C(C)C(C(=O)OC(C(F)(F)F)C(F)(F)F)=C1C)c1[n-]c(C)c(C(=O)OC(C(F)(F)F)C(F)(F)F)c1C.COc1cc(C)ccc1/C(=C1/N=C(C)C(C(=O)OC(C(F)(F)F)C(F)(F)F)=C1C)c1[n-]c(C)c(C(=O)OC(F)C(F)(F)F)c1C.[Co+2]. The third-order valence-corrected chi connectivity index (χ3v) is 13.4. The molecule has 37 heteroatoms. The number of nitrogens with zero attached hydrogens (tertiary/aromatic N) is 4. The molecule has 0 fully saturated rings. The number of ether oxygens (including phenoxy) is 6. The molecule has 14 nitrogen and oxygen atoms in total. The number of aryl methyl sites for hydroxylation is 4. The van der Waals surface area contributed by atoms with Gasteiger partial charge < -0.3 is 38.4 Å². The second-order valence-corrected chi connectivity index (χ2v) is 20.2. The molecule has 2 aromatic carbocycles. The quantitative estimate of drug-likeness (QED) is 0.0664. The Balaban J connectivity index is 0.000000397. The van der Waals surface area contributed by atoms with E-state index < -0.39 is 125 Å². The summed E-state index contributed by atoms with van der Waals surface area (Å²) in [4.78, 5) is 67.7. The van der Waals surface area contributed by atoms with E-state index >= 15 is 0 Å². The molecule has 2 aliphatic rings. The van der Waals surface area contributed by atoms with Crippen LogP contribution in [-0.4, -0.2) is 117 Å². The number of hydrogen-bond acceptors (Lipinski definition) is 12. The van der Waals surface area contributed by atoms with Gasteiger partial charge in [-0.3, -0.25) is 9.98 Å². The van der Waals surface area contributed by atoms with Crippen molar-refractivity contribution in [3.63, 3.8) is 0 Å². The van der Waals surface area contributed by atoms with E-state index in [1.54, 1.807) is 19.9 Å². The largest absolute Gasteiger partial charge is 2.00 e. The number of allylic oxidation sites excluding steroid dienone is 2. The van der Waals surface area contributed by atoms with E-state index in [4.69, 9.17) is 9.47 Å². The molecule has 4 aromatic rings. The standard InChI is InChI=1S/C29H24F12N2O5.C28H24F10N2O5.Co/c1-10-7-8-15(16(9-10)46-6)19(20-11(2)17(13(4)42-20)22(44)47-24(26(30,31)32)27(33,34)35)21-12(3)18(14(5)43-21)23(45)48-25(28(36,37)38)29(39,40)41;1-10-7-8-15(16(9-10)43-6)19(21-12(3)18(14(5)40-21)23(42)45-25(29)28(36,37)38)20-11(2)17(13(4)39-20)22(41)44-24(26(30,31)32)27(33,34)35;/h7-9,24-25H,1-6H3,(H,42,43,44,45);7-9,24-25H,1-6H3,(H,39,40,41,42);/q;;+2/p-2. The summed E-state index contributed by atoms with van der Waals surface area (Å²) >= 11 is 0. The monoisotopic (exact) mass is 1420 g/mol. The minimum absolute atomic E-state index is 0. The number of alkyl halides is 22. The second-order valence-electron chi connectivity index (χ2n) is 20.2. The van der Waals surface area contributed by atoms with Crippen molar-refractivity contribution in [3.05, 3.63) is 137 Å². The van der Waals surface area contributed by atoms with E-state index in [2.05, 4.69) is 38.9 Å². The summed E-state index contributed by atoms with van der Waals surface area (Å²) in [6.45, 7) is 12.3. The van der Waals surface area contributed by atoms with Gasteiger partial charge in [-0.15, -0.1) is 22.8 Å². The van der Waals surface area contributed by atoms with Gasteiger partial charge in [-0.1, -0.05) is 49.2 Å². The van der Waals surface area contributed by atoms with Gasteiger partial charge in [0, 0.05) is 22.3 Å². The van der Waals surface area contributed by atoms with Crippen molar-refractivity contribution in [2.24, 2.45) is 9.98 Å². The minimum Gasteiger partial charge on any atom is -0.660 e. The van der Waals surface area contributed by atoms with E-state index in [9.17, 15) is 116 Å². The van der Waals surface area contributed by atoms with Crippen molar-refractivity contribution in [2.45, 2.75) is 137 Å². The number of halogens is 22. The van der Waals surface area contributed by atoms with Crippen LogP contribution in [0.15, 0.2) is 80.1 Å². The summed E-state index contributed by atoms with van der Waals surface area (Å²) in [5, 5.41) is 0. The second kappa shape index (κ2) is 28.0. The van der Waals surface area contributed by atoms with Crippen LogP contribution in [0.4, 0.5) is 96.6 Å². The first kappa shape index (κ1) is 78.2. The Hall–Kier alpha value is -8.25. The Labute approximate surface area is 526 Å². The molecule has 517 valence electrons. The molecule has 0 spiro atoms. The molecule has 0 aliphatic carbocycles. The third kappa shape index (κ3) is 17.0. The number of benzene rings is 2. The average molecular weight is 1420 g/mol. The summed E-state index contributed by atoms with van der Waals surface area (Å²) < 4.78 is 314. The summed E-state index contributed by atoms with van der Waals surface area (Å²) in [7, 11) is 2.47. The van der Waals surface area contributed by atoms with Crippen LogP contribution in [0, 0.1) is 41.5 Å². The number of rotatable bonds is 14. The fourth-order valence-corrected chi connectivity index (χ4v) is 9.39. The first-order valence-corrected chi connectivity index (χ1v) is 25.8. The molecule has 1 radical (unpaired) electrons. The zero-order valence-electron chi connectivity index (χ0n) is 49.8. The van der Waals surface area contributed by atoms with Gasteiger partial charge in [-0.05, 0) is 101 Å². The predicted molar refractivity (Wildman–Crippen MR) is 279 cm³/mol. The van der Waals surface area contributed by atoms with Crippen LogP contribution in [0.3, 0.4) is 0 Å². The molecule has 1 atom stereocenters. The van der Waals surface area contributed by atoms with Crippen molar-refractivity contribution in [2.75, 3.05) is 14.2 Å². The maximum absolute atomic E-state index is 13.5. The van der Waals surface area contributed by atoms with Crippen molar-refractivity contribution in [1.82, 2.24) is 9.97 Å². The first-order chi connectivity index (χ1) is 42.2. The summed E-state index contributed by atoms with van der Waals surface area (Å²) in [6, 6.07) is 8.93. The van der Waals surface area contributed by atoms with Crippen LogP contribution in [0.5, 0.6) is 11.5 Å². The van der Waals surface area contributed by atoms with Crippen LogP contribution in [0.2, 0.25) is 0 Å². The molecule has 2 aromatic heterocycles. The molecule has 0 saturated carbocycles. The van der Waals surface area contributed by atoms with Crippen molar-refractivity contribution >= 4 is 46.4 Å². The van der Waals surface area contributed by atoms with Crippen LogP contribution in [0.1, 0.15) is 105 Å². The Bertz CT molecular complexity index is 3770.